The van der Waals surface area contributed by atoms with Crippen molar-refractivity contribution < 1.29 is 13.2 Å². The van der Waals surface area contributed by atoms with Gasteiger partial charge in [-0.05, 0) is 81.2 Å². The van der Waals surface area contributed by atoms with E-state index in [1.54, 1.807) is 23.0 Å². The highest BCUT2D eigenvalue weighted by Crippen LogP contribution is 2.48. The number of pyridine rings is 1. The number of hydrogen-bond donors (Lipinski definition) is 1. The number of aryl methyl sites for hydroxylation is 1. The van der Waals surface area contributed by atoms with Crippen molar-refractivity contribution in [2.24, 2.45) is 0 Å². The first-order chi connectivity index (χ1) is 20.7. The molecule has 3 fully saturated rings. The van der Waals surface area contributed by atoms with Gasteiger partial charge in [0.1, 0.15) is 0 Å². The number of rotatable bonds is 5. The molecule has 224 valence electrons. The van der Waals surface area contributed by atoms with Crippen molar-refractivity contribution in [1.82, 2.24) is 19.4 Å². The smallest absolute Gasteiger partial charge is 0.366 e. The zero-order valence-electron chi connectivity index (χ0n) is 23.6. The monoisotopic (exact) mass is 607 g/mol. The number of thiophene rings is 1. The van der Waals surface area contributed by atoms with Crippen LogP contribution in [0.1, 0.15) is 67.0 Å². The SMILES string of the molecule is O=c1ccn(C2CC2)c(=O)n1Cc1cc2nccc(-c3cc(C(F)(F)F)cc4c3N(C3CNC5(CCC5)C3)CCC4)c2s1. The third-order valence-corrected chi connectivity index (χ3v) is 11.0. The van der Waals surface area contributed by atoms with Gasteiger partial charge in [-0.25, -0.2) is 4.79 Å². The predicted octanol–water partition coefficient (Wildman–Crippen LogP) is 5.73. The summed E-state index contributed by atoms with van der Waals surface area (Å²) in [5, 5.41) is 3.74. The maximum absolute atomic E-state index is 14.2. The van der Waals surface area contributed by atoms with Gasteiger partial charge in [-0.2, -0.15) is 13.2 Å². The summed E-state index contributed by atoms with van der Waals surface area (Å²) in [6.07, 6.45) is 6.53. The van der Waals surface area contributed by atoms with Crippen molar-refractivity contribution in [1.29, 1.82) is 0 Å². The Hall–Kier alpha value is -3.44. The zero-order valence-corrected chi connectivity index (χ0v) is 24.4. The minimum absolute atomic E-state index is 0.0916. The maximum atomic E-state index is 14.2. The molecule has 8 rings (SSSR count). The molecule has 3 aromatic heterocycles. The number of hydrogen-bond acceptors (Lipinski definition) is 6. The second-order valence-electron chi connectivity index (χ2n) is 12.6. The molecule has 1 atom stereocenters. The molecular formula is C32H32F3N5O2S. The van der Waals surface area contributed by atoms with Gasteiger partial charge in [0.15, 0.2) is 0 Å². The molecule has 2 aliphatic carbocycles. The van der Waals surface area contributed by atoms with Gasteiger partial charge >= 0.3 is 11.9 Å². The van der Waals surface area contributed by atoms with Gasteiger partial charge in [-0.3, -0.25) is 18.9 Å². The summed E-state index contributed by atoms with van der Waals surface area (Å²) >= 11 is 1.39. The number of nitrogens with one attached hydrogen (secondary N) is 1. The molecule has 5 heterocycles. The minimum Gasteiger partial charge on any atom is -0.366 e. The molecule has 4 aliphatic rings. The third-order valence-electron chi connectivity index (χ3n) is 9.84. The second-order valence-corrected chi connectivity index (χ2v) is 13.8. The minimum atomic E-state index is -4.47. The molecule has 1 N–H and O–H groups in total. The van der Waals surface area contributed by atoms with Crippen LogP contribution in [0.25, 0.3) is 21.3 Å². The standard InChI is InChI=1S/C32H32F3N5O2S/c33-32(34,35)20-13-19-3-1-11-38(22-16-31(37-17-22)8-2-9-31)28(19)25(14-20)24-6-10-36-26-15-23(43-29(24)26)18-40-27(41)7-12-39(30(40)42)21-4-5-21/h6-7,10,12-15,21-22,37H,1-5,8-9,11,16-18H2. The number of aromatic nitrogens is 3. The molecule has 2 saturated carbocycles. The summed E-state index contributed by atoms with van der Waals surface area (Å²) < 4.78 is 46.3. The van der Waals surface area contributed by atoms with Crippen LogP contribution in [0.5, 0.6) is 0 Å². The molecule has 0 bridgehead atoms. The summed E-state index contributed by atoms with van der Waals surface area (Å²) in [7, 11) is 0. The summed E-state index contributed by atoms with van der Waals surface area (Å²) in [5.41, 5.74) is 2.40. The van der Waals surface area contributed by atoms with Crippen LogP contribution >= 0.6 is 11.3 Å². The Bertz CT molecular complexity index is 1870. The van der Waals surface area contributed by atoms with Crippen molar-refractivity contribution in [2.75, 3.05) is 18.0 Å². The van der Waals surface area contributed by atoms with E-state index in [4.69, 9.17) is 0 Å². The quantitative estimate of drug-likeness (QED) is 0.314. The highest BCUT2D eigenvalue weighted by Gasteiger charge is 2.46. The average Bonchev–Trinajstić information content (AvgIpc) is 3.54. The van der Waals surface area contributed by atoms with Gasteiger partial charge in [-0.1, -0.05) is 0 Å². The maximum Gasteiger partial charge on any atom is 0.416 e. The van der Waals surface area contributed by atoms with Crippen LogP contribution in [-0.2, 0) is 19.1 Å². The van der Waals surface area contributed by atoms with Crippen LogP contribution < -0.4 is 21.5 Å². The van der Waals surface area contributed by atoms with Crippen LogP contribution in [0.2, 0.25) is 0 Å². The van der Waals surface area contributed by atoms with Crippen molar-refractivity contribution in [3.8, 4) is 11.1 Å². The van der Waals surface area contributed by atoms with E-state index in [0.717, 1.165) is 72.4 Å². The van der Waals surface area contributed by atoms with E-state index in [9.17, 15) is 22.8 Å². The lowest BCUT2D eigenvalue weighted by Crippen LogP contribution is -2.46. The first kappa shape index (κ1) is 27.1. The van der Waals surface area contributed by atoms with E-state index < -0.39 is 11.7 Å². The molecule has 1 saturated heterocycles. The van der Waals surface area contributed by atoms with Crippen molar-refractivity contribution in [3.63, 3.8) is 0 Å². The molecule has 1 unspecified atom stereocenters. The highest BCUT2D eigenvalue weighted by molar-refractivity contribution is 7.19. The first-order valence-electron chi connectivity index (χ1n) is 15.1. The van der Waals surface area contributed by atoms with Gasteiger partial charge in [0, 0.05) is 70.9 Å². The van der Waals surface area contributed by atoms with Gasteiger partial charge in [0.05, 0.1) is 22.3 Å². The molecule has 1 spiro atoms. The van der Waals surface area contributed by atoms with Gasteiger partial charge in [0.25, 0.3) is 5.56 Å². The lowest BCUT2D eigenvalue weighted by atomic mass is 9.75. The van der Waals surface area contributed by atoms with Crippen molar-refractivity contribution in [2.45, 2.75) is 81.7 Å². The molecule has 4 aromatic rings. The number of benzene rings is 1. The van der Waals surface area contributed by atoms with Crippen LogP contribution in [0.4, 0.5) is 18.9 Å². The Morgan fingerprint density at radius 1 is 1.05 bits per heavy atom. The normalized spacial score (nSPS) is 21.4. The predicted molar refractivity (Wildman–Crippen MR) is 161 cm³/mol. The molecule has 0 radical (unpaired) electrons. The van der Waals surface area contributed by atoms with Crippen LogP contribution in [-0.4, -0.2) is 38.8 Å². The van der Waals surface area contributed by atoms with Gasteiger partial charge in [-0.15, -0.1) is 11.3 Å². The average molecular weight is 608 g/mol. The topological polar surface area (TPSA) is 72.2 Å². The second kappa shape index (κ2) is 9.79. The van der Waals surface area contributed by atoms with E-state index >= 15 is 0 Å². The van der Waals surface area contributed by atoms with E-state index in [1.165, 1.54) is 40.5 Å². The summed E-state index contributed by atoms with van der Waals surface area (Å²) in [6.45, 7) is 1.73. The highest BCUT2D eigenvalue weighted by atomic mass is 32.1. The molecule has 7 nitrogen and oxygen atoms in total. The Morgan fingerprint density at radius 3 is 2.60 bits per heavy atom. The van der Waals surface area contributed by atoms with Crippen LogP contribution in [0.15, 0.2) is 52.3 Å². The summed E-state index contributed by atoms with van der Waals surface area (Å²) in [6, 6.07) is 8.10. The van der Waals surface area contributed by atoms with E-state index in [1.807, 2.05) is 6.07 Å². The lowest BCUT2D eigenvalue weighted by molar-refractivity contribution is -0.137. The number of alkyl halides is 3. The first-order valence-corrected chi connectivity index (χ1v) is 16.0. The van der Waals surface area contributed by atoms with Crippen molar-refractivity contribution in [3.05, 3.63) is 79.6 Å². The Labute approximate surface area is 250 Å². The number of anilines is 1. The van der Waals surface area contributed by atoms with E-state index in [2.05, 4.69) is 15.2 Å². The summed E-state index contributed by atoms with van der Waals surface area (Å²) in [4.78, 5) is 33.5. The largest absolute Gasteiger partial charge is 0.416 e. The van der Waals surface area contributed by atoms with E-state index in [0.29, 0.717) is 23.1 Å². The van der Waals surface area contributed by atoms with Gasteiger partial charge in [0.2, 0.25) is 0 Å². The van der Waals surface area contributed by atoms with Crippen LogP contribution in [0.3, 0.4) is 0 Å². The molecule has 11 heteroatoms. The zero-order chi connectivity index (χ0) is 29.5. The van der Waals surface area contributed by atoms with Crippen LogP contribution in [0, 0.1) is 0 Å². The fourth-order valence-electron chi connectivity index (χ4n) is 7.39. The summed E-state index contributed by atoms with van der Waals surface area (Å²) in [5.74, 6) is 0. The fraction of sp³-hybridized carbons (Fsp3) is 0.469. The molecule has 43 heavy (non-hydrogen) atoms. The Morgan fingerprint density at radius 2 is 1.88 bits per heavy atom. The molecular weight excluding hydrogens is 575 g/mol. The van der Waals surface area contributed by atoms with Crippen molar-refractivity contribution >= 4 is 27.2 Å². The van der Waals surface area contributed by atoms with E-state index in [-0.39, 0.29) is 35.4 Å². The number of nitrogens with zero attached hydrogens (tertiary/aromatic N) is 4. The Kier molecular flexibility index (Phi) is 6.17. The molecule has 0 amide bonds. The lowest BCUT2D eigenvalue weighted by Gasteiger charge is -2.41. The van der Waals surface area contributed by atoms with Gasteiger partial charge < -0.3 is 10.2 Å². The Balaban J connectivity index is 1.24. The third kappa shape index (κ3) is 4.63. The molecule has 1 aromatic carbocycles. The number of fused-ring (bicyclic) bond motifs is 2. The molecule has 2 aliphatic heterocycles. The fourth-order valence-corrected chi connectivity index (χ4v) is 8.52. The number of halogens is 3.